The lowest BCUT2D eigenvalue weighted by molar-refractivity contribution is -0.282. The summed E-state index contributed by atoms with van der Waals surface area (Å²) in [6.45, 7) is 6.52. The van der Waals surface area contributed by atoms with Crippen LogP contribution >= 0.6 is 0 Å². The van der Waals surface area contributed by atoms with Crippen molar-refractivity contribution in [2.45, 2.75) is 96.4 Å². The Kier molecular flexibility index (Phi) is 5.14. The van der Waals surface area contributed by atoms with Crippen LogP contribution in [0.2, 0.25) is 0 Å². The molecule has 0 aromatic heterocycles. The van der Waals surface area contributed by atoms with Crippen LogP contribution in [0.3, 0.4) is 0 Å². The van der Waals surface area contributed by atoms with Crippen LogP contribution in [-0.4, -0.2) is 28.1 Å². The number of aliphatic hydroxyl groups excluding tert-OH is 1. The maximum absolute atomic E-state index is 13.4. The second kappa shape index (κ2) is 6.87. The SMILES string of the molecule is C[C@@H]([C@H]1CC[C@H]2[C@@H]3CC[C@@H]4C[C@@](O)(C(F)(F)F)CC[C@@H]4[C@H]3CC[C@]12C)[C@@H](C)O. The molecular weight excluding hydrogens is 365 g/mol. The fourth-order valence-electron chi connectivity index (χ4n) is 8.38. The molecule has 4 saturated carbocycles. The average molecular weight is 403 g/mol. The van der Waals surface area contributed by atoms with Crippen molar-refractivity contribution in [1.29, 1.82) is 0 Å². The summed E-state index contributed by atoms with van der Waals surface area (Å²) in [6, 6.07) is 0. The van der Waals surface area contributed by atoms with Gasteiger partial charge in [0.05, 0.1) is 6.10 Å². The minimum absolute atomic E-state index is 0.0274. The average Bonchev–Trinajstić information content (AvgIpc) is 2.96. The first-order valence-electron chi connectivity index (χ1n) is 11.4. The molecule has 2 nitrogen and oxygen atoms in total. The molecule has 0 amide bonds. The fraction of sp³-hybridized carbons (Fsp3) is 1.00. The van der Waals surface area contributed by atoms with Crippen molar-refractivity contribution < 1.29 is 23.4 Å². The Balaban J connectivity index is 1.51. The molecule has 4 rings (SSSR count). The van der Waals surface area contributed by atoms with Crippen molar-refractivity contribution in [3.05, 3.63) is 0 Å². The first kappa shape index (κ1) is 21.0. The van der Waals surface area contributed by atoms with Gasteiger partial charge in [0.1, 0.15) is 0 Å². The number of halogens is 3. The minimum Gasteiger partial charge on any atom is -0.393 e. The number of hydrogen-bond acceptors (Lipinski definition) is 2. The van der Waals surface area contributed by atoms with Gasteiger partial charge in [-0.05, 0) is 112 Å². The Morgan fingerprint density at radius 3 is 2.21 bits per heavy atom. The highest BCUT2D eigenvalue weighted by molar-refractivity contribution is 5.08. The van der Waals surface area contributed by atoms with Gasteiger partial charge in [-0.15, -0.1) is 0 Å². The molecule has 0 heterocycles. The molecule has 28 heavy (non-hydrogen) atoms. The quantitative estimate of drug-likeness (QED) is 0.634. The van der Waals surface area contributed by atoms with Crippen LogP contribution in [0.5, 0.6) is 0 Å². The van der Waals surface area contributed by atoms with Gasteiger partial charge >= 0.3 is 6.18 Å². The molecule has 0 aliphatic heterocycles. The Hall–Kier alpha value is -0.290. The number of rotatable bonds is 2. The lowest BCUT2D eigenvalue weighted by atomic mass is 9.48. The van der Waals surface area contributed by atoms with Crippen LogP contribution in [0.4, 0.5) is 13.2 Å². The van der Waals surface area contributed by atoms with Gasteiger partial charge in [-0.3, -0.25) is 0 Å². The van der Waals surface area contributed by atoms with Gasteiger partial charge in [0.15, 0.2) is 5.60 Å². The van der Waals surface area contributed by atoms with Crippen LogP contribution in [-0.2, 0) is 0 Å². The minimum atomic E-state index is -4.50. The van der Waals surface area contributed by atoms with Crippen molar-refractivity contribution in [1.82, 2.24) is 0 Å². The molecule has 0 bridgehead atoms. The summed E-state index contributed by atoms with van der Waals surface area (Å²) < 4.78 is 40.1. The van der Waals surface area contributed by atoms with E-state index in [4.69, 9.17) is 0 Å². The lowest BCUT2D eigenvalue weighted by Gasteiger charge is -2.57. The zero-order valence-electron chi connectivity index (χ0n) is 17.5. The third kappa shape index (κ3) is 3.05. The number of hydrogen-bond donors (Lipinski definition) is 2. The van der Waals surface area contributed by atoms with Gasteiger partial charge in [-0.1, -0.05) is 13.8 Å². The van der Waals surface area contributed by atoms with Crippen LogP contribution in [0.1, 0.15) is 78.6 Å². The van der Waals surface area contributed by atoms with Crippen molar-refractivity contribution in [3.63, 3.8) is 0 Å². The number of alkyl halides is 3. The summed E-state index contributed by atoms with van der Waals surface area (Å²) in [5.41, 5.74) is -2.19. The normalized spacial score (nSPS) is 51.0. The largest absolute Gasteiger partial charge is 0.417 e. The molecule has 5 heteroatoms. The summed E-state index contributed by atoms with van der Waals surface area (Å²) in [4.78, 5) is 0. The van der Waals surface area contributed by atoms with Crippen molar-refractivity contribution in [2.24, 2.45) is 46.8 Å². The van der Waals surface area contributed by atoms with Crippen LogP contribution in [0.25, 0.3) is 0 Å². The predicted molar refractivity (Wildman–Crippen MR) is 102 cm³/mol. The van der Waals surface area contributed by atoms with Gasteiger partial charge in [0.25, 0.3) is 0 Å². The van der Waals surface area contributed by atoms with E-state index in [1.165, 1.54) is 12.8 Å². The predicted octanol–water partition coefficient (Wildman–Crippen LogP) is 5.57. The van der Waals surface area contributed by atoms with Gasteiger partial charge < -0.3 is 10.2 Å². The second-order valence-electron chi connectivity index (χ2n) is 11.0. The molecular formula is C23H37F3O2. The zero-order chi connectivity index (χ0) is 20.5. The van der Waals surface area contributed by atoms with E-state index in [0.29, 0.717) is 41.9 Å². The topological polar surface area (TPSA) is 40.5 Å². The van der Waals surface area contributed by atoms with E-state index >= 15 is 0 Å². The Labute approximate surface area is 167 Å². The first-order valence-corrected chi connectivity index (χ1v) is 11.4. The Morgan fingerprint density at radius 2 is 1.57 bits per heavy atom. The van der Waals surface area contributed by atoms with Gasteiger partial charge in [0, 0.05) is 0 Å². The van der Waals surface area contributed by atoms with E-state index in [2.05, 4.69) is 13.8 Å². The second-order valence-corrected chi connectivity index (χ2v) is 11.0. The van der Waals surface area contributed by atoms with E-state index in [-0.39, 0.29) is 30.3 Å². The van der Waals surface area contributed by atoms with Gasteiger partial charge in [0.2, 0.25) is 0 Å². The molecule has 0 aromatic rings. The summed E-state index contributed by atoms with van der Waals surface area (Å²) in [5.74, 6) is 3.07. The van der Waals surface area contributed by atoms with Crippen LogP contribution < -0.4 is 0 Å². The van der Waals surface area contributed by atoms with E-state index in [1.54, 1.807) is 0 Å². The summed E-state index contributed by atoms with van der Waals surface area (Å²) >= 11 is 0. The molecule has 4 aliphatic carbocycles. The molecule has 2 N–H and O–H groups in total. The number of aliphatic hydroxyl groups is 2. The van der Waals surface area contributed by atoms with Crippen LogP contribution in [0, 0.1) is 46.8 Å². The molecule has 4 aliphatic rings. The summed E-state index contributed by atoms with van der Waals surface area (Å²) in [5, 5.41) is 20.4. The van der Waals surface area contributed by atoms with Gasteiger partial charge in [-0.25, -0.2) is 0 Å². The van der Waals surface area contributed by atoms with Gasteiger partial charge in [-0.2, -0.15) is 13.2 Å². The first-order chi connectivity index (χ1) is 13.0. The van der Waals surface area contributed by atoms with E-state index in [9.17, 15) is 23.4 Å². The van der Waals surface area contributed by atoms with Crippen molar-refractivity contribution in [2.75, 3.05) is 0 Å². The molecule has 0 aromatic carbocycles. The van der Waals surface area contributed by atoms with E-state index in [1.807, 2.05) is 6.92 Å². The summed E-state index contributed by atoms with van der Waals surface area (Å²) in [6.07, 6.45) is 2.05. The van der Waals surface area contributed by atoms with E-state index < -0.39 is 11.8 Å². The fourth-order valence-corrected chi connectivity index (χ4v) is 8.38. The third-order valence-electron chi connectivity index (χ3n) is 10.0. The molecule has 0 saturated heterocycles. The zero-order valence-corrected chi connectivity index (χ0v) is 17.5. The molecule has 0 radical (unpaired) electrons. The molecule has 0 unspecified atom stereocenters. The smallest absolute Gasteiger partial charge is 0.393 e. The van der Waals surface area contributed by atoms with Crippen molar-refractivity contribution in [3.8, 4) is 0 Å². The van der Waals surface area contributed by atoms with Crippen LogP contribution in [0.15, 0.2) is 0 Å². The maximum Gasteiger partial charge on any atom is 0.417 e. The molecule has 162 valence electrons. The summed E-state index contributed by atoms with van der Waals surface area (Å²) in [7, 11) is 0. The monoisotopic (exact) mass is 402 g/mol. The molecule has 10 atom stereocenters. The highest BCUT2D eigenvalue weighted by Gasteiger charge is 2.62. The molecule has 0 spiro atoms. The van der Waals surface area contributed by atoms with Crippen molar-refractivity contribution >= 4 is 0 Å². The standard InChI is InChI=1S/C23H37F3O2/c1-13(14(2)27)19-6-7-20-18-5-4-15-12-22(28,23(24,25)26)11-9-16(15)17(18)8-10-21(19,20)3/h13-20,27-28H,4-12H2,1-3H3/t13-,14-,15-,16+,17-,18-,19-,20+,21-,22-/m1/s1. The third-order valence-corrected chi connectivity index (χ3v) is 10.0. The highest BCUT2D eigenvalue weighted by atomic mass is 19.4. The Morgan fingerprint density at radius 1 is 0.893 bits per heavy atom. The number of fused-ring (bicyclic) bond motifs is 5. The molecule has 4 fully saturated rings. The lowest BCUT2D eigenvalue weighted by Crippen LogP contribution is -2.55. The highest BCUT2D eigenvalue weighted by Crippen LogP contribution is 2.66. The maximum atomic E-state index is 13.4. The van der Waals surface area contributed by atoms with E-state index in [0.717, 1.165) is 25.7 Å². The Bertz CT molecular complexity index is 591.